The first-order valence-electron chi connectivity index (χ1n) is 15.7. The maximum atomic E-state index is 7.00. The molecule has 0 saturated heterocycles. The fourth-order valence-electron chi connectivity index (χ4n) is 6.91. The first kappa shape index (κ1) is 26.3. The number of fused-ring (bicyclic) bond motifs is 6. The summed E-state index contributed by atoms with van der Waals surface area (Å²) >= 11 is 0. The highest BCUT2D eigenvalue weighted by molar-refractivity contribution is 6.24. The highest BCUT2D eigenvalue weighted by Gasteiger charge is 2.22. The van der Waals surface area contributed by atoms with Gasteiger partial charge in [-0.25, -0.2) is 0 Å². The van der Waals surface area contributed by atoms with Gasteiger partial charge in [0.1, 0.15) is 5.58 Å². The van der Waals surface area contributed by atoms with Gasteiger partial charge in [0.05, 0.1) is 5.69 Å². The van der Waals surface area contributed by atoms with Crippen molar-refractivity contribution in [3.8, 4) is 22.3 Å². The minimum Gasteiger partial charge on any atom is -0.453 e. The van der Waals surface area contributed by atoms with Crippen molar-refractivity contribution in [2.24, 2.45) is 0 Å². The van der Waals surface area contributed by atoms with Crippen molar-refractivity contribution in [2.45, 2.75) is 0 Å². The molecule has 0 aliphatic carbocycles. The Morgan fingerprint density at radius 2 is 0.957 bits per heavy atom. The van der Waals surface area contributed by atoms with Crippen molar-refractivity contribution in [1.29, 1.82) is 0 Å². The summed E-state index contributed by atoms with van der Waals surface area (Å²) in [5.41, 5.74) is 9.58. The van der Waals surface area contributed by atoms with Crippen molar-refractivity contribution in [3.05, 3.63) is 176 Å². The highest BCUT2D eigenvalue weighted by Crippen LogP contribution is 2.46. The van der Waals surface area contributed by atoms with Gasteiger partial charge in [-0.05, 0) is 74.6 Å². The van der Waals surface area contributed by atoms with Crippen LogP contribution in [0.2, 0.25) is 0 Å². The fraction of sp³-hybridized carbons (Fsp3) is 0. The van der Waals surface area contributed by atoms with E-state index in [-0.39, 0.29) is 0 Å². The van der Waals surface area contributed by atoms with Crippen molar-refractivity contribution in [3.63, 3.8) is 0 Å². The minimum absolute atomic E-state index is 0.869. The second-order valence-electron chi connectivity index (χ2n) is 11.7. The Bertz CT molecular complexity index is 2510. The Balaban J connectivity index is 1.27. The van der Waals surface area contributed by atoms with Crippen LogP contribution in [0.4, 0.5) is 17.1 Å². The quantitative estimate of drug-likeness (QED) is 0.199. The molecular formula is C44H29NO. The summed E-state index contributed by atoms with van der Waals surface area (Å²) in [5.74, 6) is 0. The summed E-state index contributed by atoms with van der Waals surface area (Å²) in [6.45, 7) is 0. The lowest BCUT2D eigenvalue weighted by molar-refractivity contribution is 0.670. The maximum absolute atomic E-state index is 7.00. The van der Waals surface area contributed by atoms with E-state index in [2.05, 4.69) is 181 Å². The van der Waals surface area contributed by atoms with E-state index in [0.29, 0.717) is 0 Å². The molecule has 0 N–H and O–H groups in total. The molecule has 0 spiro atoms. The standard InChI is InChI=1S/C44H29NO/c1-3-13-31(14-4-1)40-29-33-16-8-10-21-38(33)42-39-23-12-24-41(43(39)46-44(40)42)45(34-18-5-2-6-19-34)35-27-25-32(26-28-35)37-22-11-17-30-15-7-9-20-36(30)37/h1-29H. The molecule has 0 radical (unpaired) electrons. The zero-order valence-corrected chi connectivity index (χ0v) is 25.1. The Kier molecular flexibility index (Phi) is 6.17. The summed E-state index contributed by atoms with van der Waals surface area (Å²) in [6, 6.07) is 62.5. The van der Waals surface area contributed by atoms with Crippen LogP contribution in [0.25, 0.3) is 65.7 Å². The summed E-state index contributed by atoms with van der Waals surface area (Å²) in [6.07, 6.45) is 0. The van der Waals surface area contributed by atoms with Crippen molar-refractivity contribution in [2.75, 3.05) is 4.90 Å². The van der Waals surface area contributed by atoms with E-state index in [9.17, 15) is 0 Å². The Labute approximate surface area is 267 Å². The van der Waals surface area contributed by atoms with Gasteiger partial charge in [-0.15, -0.1) is 0 Å². The summed E-state index contributed by atoms with van der Waals surface area (Å²) in [5, 5.41) is 7.15. The molecule has 46 heavy (non-hydrogen) atoms. The van der Waals surface area contributed by atoms with E-state index in [1.54, 1.807) is 0 Å². The van der Waals surface area contributed by atoms with Crippen LogP contribution in [0.1, 0.15) is 0 Å². The summed E-state index contributed by atoms with van der Waals surface area (Å²) in [4.78, 5) is 2.31. The van der Waals surface area contributed by atoms with E-state index in [0.717, 1.165) is 50.1 Å². The number of para-hydroxylation sites is 2. The molecule has 8 aromatic carbocycles. The lowest BCUT2D eigenvalue weighted by atomic mass is 9.96. The molecule has 0 bridgehead atoms. The van der Waals surface area contributed by atoms with E-state index >= 15 is 0 Å². The molecule has 0 amide bonds. The lowest BCUT2D eigenvalue weighted by Gasteiger charge is -2.25. The predicted molar refractivity (Wildman–Crippen MR) is 194 cm³/mol. The largest absolute Gasteiger partial charge is 0.453 e. The summed E-state index contributed by atoms with van der Waals surface area (Å²) in [7, 11) is 0. The Hall–Kier alpha value is -6.12. The molecular weight excluding hydrogens is 558 g/mol. The molecule has 0 atom stereocenters. The van der Waals surface area contributed by atoms with Crippen molar-refractivity contribution in [1.82, 2.24) is 0 Å². The van der Waals surface area contributed by atoms with Gasteiger partial charge >= 0.3 is 0 Å². The molecule has 9 rings (SSSR count). The third-order valence-electron chi connectivity index (χ3n) is 9.04. The molecule has 2 heteroatoms. The minimum atomic E-state index is 0.869. The van der Waals surface area contributed by atoms with E-state index in [4.69, 9.17) is 4.42 Å². The van der Waals surface area contributed by atoms with E-state index in [1.807, 2.05) is 0 Å². The normalized spacial score (nSPS) is 11.5. The number of hydrogen-bond acceptors (Lipinski definition) is 2. The maximum Gasteiger partial charge on any atom is 0.159 e. The molecule has 0 fully saturated rings. The smallest absolute Gasteiger partial charge is 0.159 e. The molecule has 1 aromatic heterocycles. The molecule has 0 saturated carbocycles. The van der Waals surface area contributed by atoms with Crippen molar-refractivity contribution < 1.29 is 4.42 Å². The first-order chi connectivity index (χ1) is 22.8. The van der Waals surface area contributed by atoms with Gasteiger partial charge in [0.25, 0.3) is 0 Å². The Morgan fingerprint density at radius 3 is 1.76 bits per heavy atom. The molecule has 1 heterocycles. The third-order valence-corrected chi connectivity index (χ3v) is 9.04. The van der Waals surface area contributed by atoms with Gasteiger partial charge in [-0.1, -0.05) is 140 Å². The first-order valence-corrected chi connectivity index (χ1v) is 15.7. The van der Waals surface area contributed by atoms with Gasteiger partial charge in [0.2, 0.25) is 0 Å². The molecule has 0 aliphatic rings. The zero-order valence-electron chi connectivity index (χ0n) is 25.1. The van der Waals surface area contributed by atoms with Crippen LogP contribution in [-0.4, -0.2) is 0 Å². The molecule has 216 valence electrons. The number of benzene rings is 8. The number of hydrogen-bond donors (Lipinski definition) is 0. The summed E-state index contributed by atoms with van der Waals surface area (Å²) < 4.78 is 7.00. The van der Waals surface area contributed by atoms with Crippen LogP contribution in [0.5, 0.6) is 0 Å². The van der Waals surface area contributed by atoms with Gasteiger partial charge in [0.15, 0.2) is 5.58 Å². The van der Waals surface area contributed by atoms with Crippen LogP contribution in [0, 0.1) is 0 Å². The van der Waals surface area contributed by atoms with Gasteiger partial charge in [0, 0.05) is 27.7 Å². The third kappa shape index (κ3) is 4.27. The van der Waals surface area contributed by atoms with Crippen LogP contribution in [0.3, 0.4) is 0 Å². The number of furan rings is 1. The predicted octanol–water partition coefficient (Wildman–Crippen LogP) is 12.7. The van der Waals surface area contributed by atoms with Crippen LogP contribution >= 0.6 is 0 Å². The second-order valence-corrected chi connectivity index (χ2v) is 11.7. The van der Waals surface area contributed by atoms with Crippen molar-refractivity contribution >= 4 is 60.5 Å². The lowest BCUT2D eigenvalue weighted by Crippen LogP contribution is -2.10. The van der Waals surface area contributed by atoms with Crippen LogP contribution in [-0.2, 0) is 0 Å². The SMILES string of the molecule is c1ccc(-c2cc3ccccc3c3c2oc2c(N(c4ccccc4)c4ccc(-c5cccc6ccccc56)cc4)cccc23)cc1. The average molecular weight is 588 g/mol. The molecule has 0 aliphatic heterocycles. The Morgan fingerprint density at radius 1 is 0.370 bits per heavy atom. The highest BCUT2D eigenvalue weighted by atomic mass is 16.3. The van der Waals surface area contributed by atoms with E-state index in [1.165, 1.54) is 32.7 Å². The van der Waals surface area contributed by atoms with Crippen LogP contribution < -0.4 is 4.90 Å². The zero-order chi connectivity index (χ0) is 30.5. The number of nitrogens with zero attached hydrogens (tertiary/aromatic N) is 1. The van der Waals surface area contributed by atoms with Gasteiger partial charge < -0.3 is 9.32 Å². The number of anilines is 3. The topological polar surface area (TPSA) is 16.4 Å². The molecule has 0 unspecified atom stereocenters. The molecule has 9 aromatic rings. The fourth-order valence-corrected chi connectivity index (χ4v) is 6.91. The molecule has 2 nitrogen and oxygen atoms in total. The van der Waals surface area contributed by atoms with E-state index < -0.39 is 0 Å². The van der Waals surface area contributed by atoms with Crippen LogP contribution in [0.15, 0.2) is 180 Å². The van der Waals surface area contributed by atoms with Gasteiger partial charge in [-0.3, -0.25) is 0 Å². The average Bonchev–Trinajstić information content (AvgIpc) is 3.53. The monoisotopic (exact) mass is 587 g/mol. The van der Waals surface area contributed by atoms with Gasteiger partial charge in [-0.2, -0.15) is 0 Å². The number of rotatable bonds is 5. The second kappa shape index (κ2) is 10.8.